The van der Waals surface area contributed by atoms with Crippen molar-refractivity contribution < 1.29 is 4.79 Å². The Bertz CT molecular complexity index is 1120. The Balaban J connectivity index is 1.96. The first kappa shape index (κ1) is 14.3. The van der Waals surface area contributed by atoms with Gasteiger partial charge in [-0.1, -0.05) is 30.3 Å². The lowest BCUT2D eigenvalue weighted by Gasteiger charge is -2.07. The number of amides is 1. The van der Waals surface area contributed by atoms with Crippen LogP contribution in [-0.4, -0.2) is 14.9 Å². The quantitative estimate of drug-likeness (QED) is 0.618. The SMILES string of the molecule is Cn1c2ccccc2n2ccc(=O)c(C(=O)Nc3ccccc3)c12. The Morgan fingerprint density at radius 3 is 2.33 bits per heavy atom. The molecule has 0 aliphatic carbocycles. The maximum Gasteiger partial charge on any atom is 0.263 e. The summed E-state index contributed by atoms with van der Waals surface area (Å²) in [7, 11) is 1.86. The smallest absolute Gasteiger partial charge is 0.263 e. The average molecular weight is 317 g/mol. The van der Waals surface area contributed by atoms with Gasteiger partial charge in [0, 0.05) is 25.0 Å². The fraction of sp³-hybridized carbons (Fsp3) is 0.0526. The van der Waals surface area contributed by atoms with E-state index in [1.165, 1.54) is 6.07 Å². The highest BCUT2D eigenvalue weighted by atomic mass is 16.2. The van der Waals surface area contributed by atoms with Crippen molar-refractivity contribution >= 4 is 28.3 Å². The second kappa shape index (κ2) is 5.38. The van der Waals surface area contributed by atoms with Crippen LogP contribution in [0.5, 0.6) is 0 Å². The summed E-state index contributed by atoms with van der Waals surface area (Å²) in [6.45, 7) is 0. The van der Waals surface area contributed by atoms with E-state index in [1.807, 2.05) is 58.5 Å². The molecule has 0 aliphatic rings. The Morgan fingerprint density at radius 2 is 1.58 bits per heavy atom. The molecule has 4 aromatic rings. The van der Waals surface area contributed by atoms with E-state index >= 15 is 0 Å². The third-order valence-electron chi connectivity index (χ3n) is 4.15. The molecule has 4 rings (SSSR count). The molecule has 2 aromatic heterocycles. The Morgan fingerprint density at radius 1 is 0.917 bits per heavy atom. The second-order valence-electron chi connectivity index (χ2n) is 5.62. The van der Waals surface area contributed by atoms with Crippen molar-refractivity contribution in [2.75, 3.05) is 5.32 Å². The summed E-state index contributed by atoms with van der Waals surface area (Å²) in [5, 5.41) is 2.80. The van der Waals surface area contributed by atoms with E-state index in [0.717, 1.165) is 11.0 Å². The monoisotopic (exact) mass is 317 g/mol. The van der Waals surface area contributed by atoms with E-state index < -0.39 is 5.91 Å². The van der Waals surface area contributed by atoms with Crippen LogP contribution in [0.2, 0.25) is 0 Å². The molecule has 2 aromatic carbocycles. The highest BCUT2D eigenvalue weighted by Crippen LogP contribution is 2.21. The normalized spacial score (nSPS) is 11.0. The summed E-state index contributed by atoms with van der Waals surface area (Å²) < 4.78 is 3.74. The zero-order valence-electron chi connectivity index (χ0n) is 13.1. The Labute approximate surface area is 137 Å². The third kappa shape index (κ3) is 2.10. The van der Waals surface area contributed by atoms with Gasteiger partial charge in [0.15, 0.2) is 5.43 Å². The molecule has 0 spiro atoms. The standard InChI is InChI=1S/C19H15N3O2/c1-21-14-9-5-6-10-15(14)22-12-11-16(23)17(19(21)22)18(24)20-13-7-3-2-4-8-13/h2-12H,1H3,(H,20,24). The summed E-state index contributed by atoms with van der Waals surface area (Å²) in [5.41, 5.74) is 2.98. The molecule has 2 heterocycles. The number of hydrogen-bond donors (Lipinski definition) is 1. The van der Waals surface area contributed by atoms with Gasteiger partial charge < -0.3 is 14.3 Å². The van der Waals surface area contributed by atoms with E-state index in [2.05, 4.69) is 5.32 Å². The maximum absolute atomic E-state index is 12.7. The molecule has 1 N–H and O–H groups in total. The average Bonchev–Trinajstić information content (AvgIpc) is 2.89. The number of nitrogens with zero attached hydrogens (tertiary/aromatic N) is 2. The van der Waals surface area contributed by atoms with Gasteiger partial charge in [-0.2, -0.15) is 0 Å². The Hall–Kier alpha value is -3.34. The zero-order chi connectivity index (χ0) is 16.7. The fourth-order valence-corrected chi connectivity index (χ4v) is 3.04. The number of anilines is 1. The molecule has 118 valence electrons. The Kier molecular flexibility index (Phi) is 3.20. The van der Waals surface area contributed by atoms with Crippen LogP contribution in [0.1, 0.15) is 10.4 Å². The van der Waals surface area contributed by atoms with Gasteiger partial charge >= 0.3 is 0 Å². The van der Waals surface area contributed by atoms with Gasteiger partial charge in [-0.15, -0.1) is 0 Å². The predicted octanol–water partition coefficient (Wildman–Crippen LogP) is 3.04. The van der Waals surface area contributed by atoms with Crippen LogP contribution in [0.15, 0.2) is 71.7 Å². The predicted molar refractivity (Wildman–Crippen MR) is 94.5 cm³/mol. The number of carbonyl (C=O) groups is 1. The van der Waals surface area contributed by atoms with Crippen molar-refractivity contribution in [1.82, 2.24) is 8.97 Å². The minimum Gasteiger partial charge on any atom is -0.328 e. The van der Waals surface area contributed by atoms with Gasteiger partial charge in [-0.25, -0.2) is 0 Å². The van der Waals surface area contributed by atoms with Gasteiger partial charge in [-0.05, 0) is 24.3 Å². The molecule has 0 saturated heterocycles. The lowest BCUT2D eigenvalue weighted by molar-refractivity contribution is 0.102. The van der Waals surface area contributed by atoms with Crippen molar-refractivity contribution in [1.29, 1.82) is 0 Å². The van der Waals surface area contributed by atoms with E-state index in [1.54, 1.807) is 18.3 Å². The molecule has 5 nitrogen and oxygen atoms in total. The highest BCUT2D eigenvalue weighted by Gasteiger charge is 2.19. The maximum atomic E-state index is 12.7. The minimum absolute atomic E-state index is 0.139. The molecule has 0 aliphatic heterocycles. The lowest BCUT2D eigenvalue weighted by atomic mass is 10.2. The number of nitrogens with one attached hydrogen (secondary N) is 1. The topological polar surface area (TPSA) is 55.5 Å². The summed E-state index contributed by atoms with van der Waals surface area (Å²) in [5.74, 6) is -0.407. The fourth-order valence-electron chi connectivity index (χ4n) is 3.04. The van der Waals surface area contributed by atoms with Crippen molar-refractivity contribution in [2.24, 2.45) is 7.05 Å². The van der Waals surface area contributed by atoms with Crippen molar-refractivity contribution in [3.63, 3.8) is 0 Å². The number of rotatable bonds is 2. The number of imidazole rings is 1. The van der Waals surface area contributed by atoms with E-state index in [9.17, 15) is 9.59 Å². The molecule has 0 fully saturated rings. The van der Waals surface area contributed by atoms with Gasteiger partial charge in [0.05, 0.1) is 11.0 Å². The van der Waals surface area contributed by atoms with Gasteiger partial charge in [0.1, 0.15) is 11.2 Å². The van der Waals surface area contributed by atoms with Crippen molar-refractivity contribution in [3.8, 4) is 0 Å². The van der Waals surface area contributed by atoms with Crippen LogP contribution >= 0.6 is 0 Å². The number of hydrogen-bond acceptors (Lipinski definition) is 2. The minimum atomic E-state index is -0.407. The molecule has 0 saturated carbocycles. The van der Waals surface area contributed by atoms with Crippen LogP contribution in [0, 0.1) is 0 Å². The van der Waals surface area contributed by atoms with Crippen LogP contribution < -0.4 is 10.7 Å². The van der Waals surface area contributed by atoms with Gasteiger partial charge in [0.2, 0.25) is 0 Å². The number of aromatic nitrogens is 2. The number of para-hydroxylation sites is 3. The number of fused-ring (bicyclic) bond motifs is 3. The first-order valence-corrected chi connectivity index (χ1v) is 7.62. The first-order chi connectivity index (χ1) is 11.7. The molecule has 1 amide bonds. The highest BCUT2D eigenvalue weighted by molar-refractivity contribution is 6.09. The number of aryl methyl sites for hydroxylation is 1. The van der Waals surface area contributed by atoms with E-state index in [4.69, 9.17) is 0 Å². The largest absolute Gasteiger partial charge is 0.328 e. The van der Waals surface area contributed by atoms with Crippen LogP contribution in [0.4, 0.5) is 5.69 Å². The van der Waals surface area contributed by atoms with E-state index in [-0.39, 0.29) is 11.0 Å². The van der Waals surface area contributed by atoms with Crippen LogP contribution in [0.25, 0.3) is 16.7 Å². The van der Waals surface area contributed by atoms with Crippen LogP contribution in [-0.2, 0) is 7.05 Å². The van der Waals surface area contributed by atoms with Gasteiger partial charge in [-0.3, -0.25) is 9.59 Å². The molecule has 0 bridgehead atoms. The summed E-state index contributed by atoms with van der Waals surface area (Å²) >= 11 is 0. The first-order valence-electron chi connectivity index (χ1n) is 7.62. The van der Waals surface area contributed by atoms with E-state index in [0.29, 0.717) is 11.3 Å². The zero-order valence-corrected chi connectivity index (χ0v) is 13.1. The second-order valence-corrected chi connectivity index (χ2v) is 5.62. The molecule has 0 atom stereocenters. The third-order valence-corrected chi connectivity index (χ3v) is 4.15. The molecule has 5 heteroatoms. The van der Waals surface area contributed by atoms with Crippen molar-refractivity contribution in [2.45, 2.75) is 0 Å². The number of pyridine rings is 1. The summed E-state index contributed by atoms with van der Waals surface area (Å²) in [6.07, 6.45) is 1.71. The van der Waals surface area contributed by atoms with Crippen LogP contribution in [0.3, 0.4) is 0 Å². The molecule has 0 unspecified atom stereocenters. The summed E-state index contributed by atoms with van der Waals surface area (Å²) in [6, 6.07) is 18.3. The molecule has 0 radical (unpaired) electrons. The molecule has 24 heavy (non-hydrogen) atoms. The molecular weight excluding hydrogens is 302 g/mol. The number of benzene rings is 2. The van der Waals surface area contributed by atoms with Gasteiger partial charge in [0.25, 0.3) is 5.91 Å². The van der Waals surface area contributed by atoms with Crippen molar-refractivity contribution in [3.05, 3.63) is 82.6 Å². The molecular formula is C19H15N3O2. The lowest BCUT2D eigenvalue weighted by Crippen LogP contribution is -2.23. The summed E-state index contributed by atoms with van der Waals surface area (Å²) in [4.78, 5) is 25.1. The number of carbonyl (C=O) groups excluding carboxylic acids is 1.